The number of phosphoric ester groups is 1. The van der Waals surface area contributed by atoms with Gasteiger partial charge in [0, 0.05) is 9.13 Å². The van der Waals surface area contributed by atoms with Crippen molar-refractivity contribution in [2.45, 2.75) is 70.9 Å². The van der Waals surface area contributed by atoms with Gasteiger partial charge in [-0.25, -0.2) is 43.3 Å². The average molecular weight is 1450 g/mol. The van der Waals surface area contributed by atoms with Crippen molar-refractivity contribution in [2.75, 3.05) is 0 Å². The summed E-state index contributed by atoms with van der Waals surface area (Å²) in [6.45, 7) is 10.8. The van der Waals surface area contributed by atoms with Crippen molar-refractivity contribution < 1.29 is 83.9 Å². The van der Waals surface area contributed by atoms with Gasteiger partial charge in [0.1, 0.15) is 34.5 Å². The molecule has 0 aliphatic rings. The molecule has 0 aliphatic carbocycles. The Hall–Kier alpha value is -10.1. The van der Waals surface area contributed by atoms with Gasteiger partial charge in [-0.2, -0.15) is 4.57 Å². The van der Waals surface area contributed by atoms with Crippen LogP contribution in [0.1, 0.15) is 33.4 Å². The summed E-state index contributed by atoms with van der Waals surface area (Å²) in [5.41, 5.74) is 4.38. The summed E-state index contributed by atoms with van der Waals surface area (Å²) >= 11 is 0. The molecule has 11 aromatic carbocycles. The predicted molar refractivity (Wildman–Crippen MR) is 370 cm³/mol. The molecule has 11 aromatic rings. The first kappa shape index (κ1) is 69.3. The molecule has 3 atom stereocenters. The third-order valence-electron chi connectivity index (χ3n) is 15.0. The number of sulfone groups is 3. The second-order valence-electron chi connectivity index (χ2n) is 22.1. The molecule has 26 heteroatoms. The van der Waals surface area contributed by atoms with Crippen LogP contribution in [0, 0.1) is 41.5 Å². The number of aryl methyl sites for hydroxylation is 6. The van der Waals surface area contributed by atoms with E-state index in [0.717, 1.165) is 22.3 Å². The second kappa shape index (κ2) is 29.3. The van der Waals surface area contributed by atoms with E-state index in [2.05, 4.69) is 0 Å². The lowest BCUT2D eigenvalue weighted by molar-refractivity contribution is 0.281. The minimum atomic E-state index is -4.56. The molecule has 0 saturated carbocycles. The largest absolute Gasteiger partial charge is 0.805 e. The third kappa shape index (κ3) is 16.1. The fourth-order valence-electron chi connectivity index (χ4n) is 9.95. The van der Waals surface area contributed by atoms with Crippen LogP contribution in [0.3, 0.4) is 0 Å². The van der Waals surface area contributed by atoms with E-state index in [1.54, 1.807) is 86.6 Å². The van der Waals surface area contributed by atoms with E-state index in [1.807, 2.05) is 70.2 Å². The monoisotopic (exact) mass is 1450 g/mol. The summed E-state index contributed by atoms with van der Waals surface area (Å²) in [6, 6.07) is 65.3. The highest BCUT2D eigenvalue weighted by atomic mass is 32.2. The summed E-state index contributed by atoms with van der Waals surface area (Å²) in [5, 5.41) is 0.359. The molecule has 0 saturated heterocycles. The van der Waals surface area contributed by atoms with Crippen molar-refractivity contribution in [1.29, 1.82) is 0 Å². The molecular weight excluding hydrogens is 1390 g/mol. The summed E-state index contributed by atoms with van der Waals surface area (Å²) in [4.78, 5) is -0.793. The first-order valence-corrected chi connectivity index (χ1v) is 39.8. The average Bonchev–Trinajstić information content (AvgIpc) is 0.777. The first-order chi connectivity index (χ1) is 46.9. The minimum absolute atomic E-state index is 0.0190. The molecule has 0 heterocycles. The van der Waals surface area contributed by atoms with Gasteiger partial charge >= 0.3 is 33.1 Å². The fourth-order valence-corrected chi connectivity index (χ4v) is 19.1. The maximum Gasteiger partial charge on any atom is 0.805 e. The number of hydrogen-bond donors (Lipinski definition) is 0. The van der Waals surface area contributed by atoms with Crippen molar-refractivity contribution in [2.24, 2.45) is 0 Å². The topological polar surface area (TPSA) is 246 Å². The lowest BCUT2D eigenvalue weighted by Gasteiger charge is -2.30. The minimum Gasteiger partial charge on any atom is -0.480 e. The molecule has 0 aliphatic heterocycles. The van der Waals surface area contributed by atoms with Crippen LogP contribution >= 0.6 is 24.3 Å². The quantitative estimate of drug-likeness (QED) is 0.0343. The Balaban J connectivity index is 0.863. The Kier molecular flexibility index (Phi) is 20.7. The van der Waals surface area contributed by atoms with Gasteiger partial charge in [0.05, 0.1) is 34.6 Å². The van der Waals surface area contributed by atoms with E-state index < -0.39 is 62.6 Å². The standard InChI is InChI=1S/C72H61O19P3S3Si/c1-50-16-13-17-51(2)70(50)84-92(73)82-56-26-38-63(39-27-56)95(76,77)66-44-32-60(33-45-66)89-98(69-24-11-8-12-25-69,90-61-34-46-67(47-35-61)96(78,79)64-40-28-57(29-41-64)83-93(74)85-71-52(3)18-14-19-53(71)4)91-62-36-48-68(49-37-62)97(80,81)65-42-30-59(31-43-65)87-94(75,86-58-22-9-7-10-23-58)88-72-54(5)20-15-21-55(72)6/h7-49H,1-6H3/q+2. The van der Waals surface area contributed by atoms with Gasteiger partial charge in [-0.3, -0.25) is 0 Å². The SMILES string of the molecule is Cc1cccc(C)c1O[P+](=O)Oc1ccc(S(=O)(=O)c2ccc(O[Si](Oc3ccc(S(=O)(=O)c4ccc(O[P+](=O)Oc5c(C)cccc5C)cc4)cc3)(Oc3ccc(S(=O)(=O)c4ccc(OP(=O)(Oc5ccccc5)Oc5c(C)cccc5C)cc4)cc3)c3ccccc3)cc2)cc1. The molecule has 0 fully saturated rings. The zero-order chi connectivity index (χ0) is 69.4. The van der Waals surface area contributed by atoms with Crippen LogP contribution in [0.2, 0.25) is 0 Å². The number of hydrogen-bond acceptors (Lipinski definition) is 19. The van der Waals surface area contributed by atoms with Crippen LogP contribution in [-0.2, 0) is 43.2 Å². The molecule has 3 unspecified atom stereocenters. The number of rotatable bonds is 27. The Bertz CT molecular complexity index is 4890. The van der Waals surface area contributed by atoms with Gasteiger partial charge < -0.3 is 26.8 Å². The number of benzene rings is 11. The van der Waals surface area contributed by atoms with E-state index in [4.69, 9.17) is 44.9 Å². The molecule has 0 radical (unpaired) electrons. The van der Waals surface area contributed by atoms with E-state index in [-0.39, 0.29) is 69.6 Å². The van der Waals surface area contributed by atoms with Crippen molar-refractivity contribution in [3.8, 4) is 57.5 Å². The highest BCUT2D eigenvalue weighted by Gasteiger charge is 2.52. The molecule has 498 valence electrons. The van der Waals surface area contributed by atoms with Gasteiger partial charge in [-0.05, 0) is 233 Å². The molecule has 19 nitrogen and oxygen atoms in total. The summed E-state index contributed by atoms with van der Waals surface area (Å²) in [6.07, 6.45) is 0. The van der Waals surface area contributed by atoms with E-state index in [1.165, 1.54) is 146 Å². The Morgan fingerprint density at radius 3 is 0.837 bits per heavy atom. The maximum atomic E-state index is 14.4. The Morgan fingerprint density at radius 1 is 0.276 bits per heavy atom. The summed E-state index contributed by atoms with van der Waals surface area (Å²) in [5.74, 6) is 1.68. The van der Waals surface area contributed by atoms with Gasteiger partial charge in [0.15, 0.2) is 23.0 Å². The van der Waals surface area contributed by atoms with Crippen molar-refractivity contribution in [3.63, 3.8) is 0 Å². The summed E-state index contributed by atoms with van der Waals surface area (Å²) in [7, 11) is -27.1. The van der Waals surface area contributed by atoms with Crippen LogP contribution in [0.4, 0.5) is 0 Å². The van der Waals surface area contributed by atoms with E-state index in [9.17, 15) is 38.9 Å². The summed E-state index contributed by atoms with van der Waals surface area (Å²) < 4.78 is 186. The first-order valence-electron chi connectivity index (χ1n) is 29.9. The molecule has 11 rings (SSSR count). The van der Waals surface area contributed by atoms with Gasteiger partial charge in [0.25, 0.3) is 0 Å². The van der Waals surface area contributed by atoms with Crippen LogP contribution in [0.15, 0.2) is 290 Å². The second-order valence-corrected chi connectivity index (χ2v) is 33.3. The van der Waals surface area contributed by atoms with Crippen molar-refractivity contribution >= 4 is 67.8 Å². The molecule has 0 bridgehead atoms. The highest BCUT2D eigenvalue weighted by molar-refractivity contribution is 7.92. The Labute approximate surface area is 570 Å². The van der Waals surface area contributed by atoms with Crippen LogP contribution in [-0.4, -0.2) is 34.1 Å². The smallest absolute Gasteiger partial charge is 0.480 e. The van der Waals surface area contributed by atoms with E-state index >= 15 is 0 Å². The van der Waals surface area contributed by atoms with Gasteiger partial charge in [0.2, 0.25) is 29.5 Å². The highest BCUT2D eigenvalue weighted by Crippen LogP contribution is 2.51. The lowest BCUT2D eigenvalue weighted by atomic mass is 10.1. The fraction of sp³-hybridized carbons (Fsp3) is 0.0833. The Morgan fingerprint density at radius 2 is 0.531 bits per heavy atom. The van der Waals surface area contributed by atoms with E-state index in [0.29, 0.717) is 33.6 Å². The molecule has 0 N–H and O–H groups in total. The maximum absolute atomic E-state index is 14.4. The van der Waals surface area contributed by atoms with Gasteiger partial charge in [-0.15, -0.1) is 0 Å². The molecular formula is C72H61O19P3S3Si+2. The van der Waals surface area contributed by atoms with Gasteiger partial charge in [-0.1, -0.05) is 103 Å². The molecule has 0 spiro atoms. The normalized spacial score (nSPS) is 13.1. The lowest BCUT2D eigenvalue weighted by Crippen LogP contribution is -2.64. The number of para-hydroxylation sites is 4. The third-order valence-corrected chi connectivity index (χ3v) is 25.6. The number of phosphoric acid groups is 1. The molecule has 0 amide bonds. The van der Waals surface area contributed by atoms with Crippen LogP contribution in [0.5, 0.6) is 57.5 Å². The van der Waals surface area contributed by atoms with Crippen LogP contribution in [0.25, 0.3) is 0 Å². The predicted octanol–water partition coefficient (Wildman–Crippen LogP) is 17.3. The zero-order valence-electron chi connectivity index (χ0n) is 53.1. The zero-order valence-corrected chi connectivity index (χ0v) is 59.3. The van der Waals surface area contributed by atoms with Crippen LogP contribution < -0.4 is 50.1 Å². The van der Waals surface area contributed by atoms with Crippen molar-refractivity contribution in [1.82, 2.24) is 0 Å². The van der Waals surface area contributed by atoms with Crippen molar-refractivity contribution in [3.05, 3.63) is 294 Å². The molecule has 0 aromatic heterocycles. The molecule has 98 heavy (non-hydrogen) atoms.